The zero-order valence-corrected chi connectivity index (χ0v) is 15.5. The minimum Gasteiger partial charge on any atom is -0.491 e. The molecule has 2 aromatic carbocycles. The Morgan fingerprint density at radius 2 is 1.96 bits per heavy atom. The smallest absolute Gasteiger partial charge is 0.240 e. The number of anilines is 1. The van der Waals surface area contributed by atoms with Crippen LogP contribution in [0.1, 0.15) is 24.9 Å². The molecule has 1 heterocycles. The van der Waals surface area contributed by atoms with E-state index in [4.69, 9.17) is 4.74 Å². The van der Waals surface area contributed by atoms with Crippen LogP contribution in [-0.4, -0.2) is 25.0 Å². The highest BCUT2D eigenvalue weighted by molar-refractivity contribution is 9.10. The molecule has 2 amide bonds. The van der Waals surface area contributed by atoms with Crippen LogP contribution >= 0.6 is 15.9 Å². The zero-order valence-electron chi connectivity index (χ0n) is 13.9. The third kappa shape index (κ3) is 4.02. The molecule has 130 valence electrons. The molecule has 0 fully saturated rings. The Kier molecular flexibility index (Phi) is 5.38. The van der Waals surface area contributed by atoms with Gasteiger partial charge in [-0.15, -0.1) is 0 Å². The van der Waals surface area contributed by atoms with Crippen molar-refractivity contribution in [3.63, 3.8) is 0 Å². The Labute approximate surface area is 155 Å². The third-order valence-corrected chi connectivity index (χ3v) is 4.80. The minimum atomic E-state index is -0.215. The van der Waals surface area contributed by atoms with Crippen LogP contribution in [0, 0.1) is 0 Å². The number of benzene rings is 2. The van der Waals surface area contributed by atoms with E-state index in [1.54, 1.807) is 6.07 Å². The molecule has 1 atom stereocenters. The molecule has 0 saturated heterocycles. The number of halogens is 1. The standard InChI is InChI=1S/C19H19BrN2O3/c1-13(14-6-2-3-7-15(14)20)21-18(23)12-22-16-8-4-5-9-17(16)25-11-10-19(22)24/h2-9,13H,10-12H2,1H3,(H,21,23)/t13-/m1/s1. The molecule has 3 rings (SSSR count). The van der Waals surface area contributed by atoms with Crippen molar-refractivity contribution < 1.29 is 14.3 Å². The molecule has 1 N–H and O–H groups in total. The molecule has 0 saturated carbocycles. The Morgan fingerprint density at radius 3 is 2.76 bits per heavy atom. The first kappa shape index (κ1) is 17.5. The highest BCUT2D eigenvalue weighted by Crippen LogP contribution is 2.31. The van der Waals surface area contributed by atoms with Gasteiger partial charge in [-0.25, -0.2) is 0 Å². The summed E-state index contributed by atoms with van der Waals surface area (Å²) in [5, 5.41) is 2.95. The lowest BCUT2D eigenvalue weighted by atomic mass is 10.1. The number of nitrogens with one attached hydrogen (secondary N) is 1. The number of hydrogen-bond donors (Lipinski definition) is 1. The van der Waals surface area contributed by atoms with Crippen LogP contribution in [0.2, 0.25) is 0 Å². The van der Waals surface area contributed by atoms with Gasteiger partial charge in [-0.05, 0) is 30.7 Å². The number of ether oxygens (including phenoxy) is 1. The summed E-state index contributed by atoms with van der Waals surface area (Å²) in [5.41, 5.74) is 1.62. The number of hydrogen-bond acceptors (Lipinski definition) is 3. The highest BCUT2D eigenvalue weighted by atomic mass is 79.9. The SMILES string of the molecule is C[C@@H](NC(=O)CN1C(=O)CCOc2ccccc21)c1ccccc1Br. The van der Waals surface area contributed by atoms with Crippen molar-refractivity contribution in [3.8, 4) is 5.75 Å². The van der Waals surface area contributed by atoms with E-state index in [2.05, 4.69) is 21.2 Å². The van der Waals surface area contributed by atoms with Crippen molar-refractivity contribution in [2.75, 3.05) is 18.1 Å². The summed E-state index contributed by atoms with van der Waals surface area (Å²) in [7, 11) is 0. The van der Waals surface area contributed by atoms with Gasteiger partial charge in [0.05, 0.1) is 24.8 Å². The summed E-state index contributed by atoms with van der Waals surface area (Å²) < 4.78 is 6.53. The van der Waals surface area contributed by atoms with Gasteiger partial charge in [0.15, 0.2) is 0 Å². The van der Waals surface area contributed by atoms with Gasteiger partial charge in [-0.3, -0.25) is 14.5 Å². The van der Waals surface area contributed by atoms with Gasteiger partial charge in [0.1, 0.15) is 12.3 Å². The second kappa shape index (κ2) is 7.70. The minimum absolute atomic E-state index is 0.0337. The fourth-order valence-electron chi connectivity index (χ4n) is 2.83. The van der Waals surface area contributed by atoms with Crippen LogP contribution in [-0.2, 0) is 9.59 Å². The predicted molar refractivity (Wildman–Crippen MR) is 99.6 cm³/mol. The van der Waals surface area contributed by atoms with Crippen LogP contribution < -0.4 is 15.0 Å². The Hall–Kier alpha value is -2.34. The maximum Gasteiger partial charge on any atom is 0.240 e. The molecular formula is C19H19BrN2O3. The van der Waals surface area contributed by atoms with Gasteiger partial charge < -0.3 is 10.1 Å². The average Bonchev–Trinajstić information content (AvgIpc) is 2.75. The second-order valence-electron chi connectivity index (χ2n) is 5.86. The van der Waals surface area contributed by atoms with Crippen molar-refractivity contribution in [1.29, 1.82) is 0 Å². The predicted octanol–water partition coefficient (Wildman–Crippen LogP) is 3.44. The van der Waals surface area contributed by atoms with Crippen LogP contribution in [0.4, 0.5) is 5.69 Å². The number of carbonyl (C=O) groups is 2. The Balaban J connectivity index is 1.74. The van der Waals surface area contributed by atoms with Gasteiger partial charge in [-0.2, -0.15) is 0 Å². The van der Waals surface area contributed by atoms with Gasteiger partial charge in [-0.1, -0.05) is 46.3 Å². The average molecular weight is 403 g/mol. The van der Waals surface area contributed by atoms with E-state index in [1.165, 1.54) is 4.90 Å². The molecule has 1 aliphatic heterocycles. The largest absolute Gasteiger partial charge is 0.491 e. The van der Waals surface area contributed by atoms with E-state index < -0.39 is 0 Å². The van der Waals surface area contributed by atoms with Crippen LogP contribution in [0.25, 0.3) is 0 Å². The van der Waals surface area contributed by atoms with E-state index in [-0.39, 0.29) is 30.8 Å². The van der Waals surface area contributed by atoms with Crippen LogP contribution in [0.3, 0.4) is 0 Å². The first-order chi connectivity index (χ1) is 12.1. The lowest BCUT2D eigenvalue weighted by Gasteiger charge is -2.23. The van der Waals surface area contributed by atoms with Crippen molar-refractivity contribution in [2.24, 2.45) is 0 Å². The topological polar surface area (TPSA) is 58.6 Å². The maximum atomic E-state index is 12.5. The summed E-state index contributed by atoms with van der Waals surface area (Å²) in [6, 6.07) is 14.8. The molecule has 0 aromatic heterocycles. The second-order valence-corrected chi connectivity index (χ2v) is 6.71. The Bertz CT molecular complexity index is 794. The summed E-state index contributed by atoms with van der Waals surface area (Å²) in [4.78, 5) is 26.4. The molecule has 2 aromatic rings. The van der Waals surface area contributed by atoms with Gasteiger partial charge in [0.25, 0.3) is 0 Å². The van der Waals surface area contributed by atoms with Crippen molar-refractivity contribution >= 4 is 33.4 Å². The number of fused-ring (bicyclic) bond motifs is 1. The normalized spacial score (nSPS) is 15.0. The van der Waals surface area contributed by atoms with Crippen LogP contribution in [0.15, 0.2) is 53.0 Å². The van der Waals surface area contributed by atoms with E-state index in [0.29, 0.717) is 18.0 Å². The molecule has 0 spiro atoms. The maximum absolute atomic E-state index is 12.5. The first-order valence-electron chi connectivity index (χ1n) is 8.12. The zero-order chi connectivity index (χ0) is 17.8. The summed E-state index contributed by atoms with van der Waals surface area (Å²) in [5.74, 6) is 0.293. The first-order valence-corrected chi connectivity index (χ1v) is 8.91. The van der Waals surface area contributed by atoms with E-state index >= 15 is 0 Å². The number of para-hydroxylation sites is 2. The molecule has 1 aliphatic rings. The quantitative estimate of drug-likeness (QED) is 0.851. The molecule has 6 heteroatoms. The molecule has 0 radical (unpaired) electrons. The van der Waals surface area contributed by atoms with Gasteiger partial charge >= 0.3 is 0 Å². The van der Waals surface area contributed by atoms with E-state index in [1.807, 2.05) is 49.4 Å². The van der Waals surface area contributed by atoms with E-state index in [9.17, 15) is 9.59 Å². The highest BCUT2D eigenvalue weighted by Gasteiger charge is 2.25. The molecular weight excluding hydrogens is 384 g/mol. The molecule has 5 nitrogen and oxygen atoms in total. The number of rotatable bonds is 4. The third-order valence-electron chi connectivity index (χ3n) is 4.08. The molecule has 25 heavy (non-hydrogen) atoms. The van der Waals surface area contributed by atoms with Crippen molar-refractivity contribution in [3.05, 3.63) is 58.6 Å². The number of carbonyl (C=O) groups excluding carboxylic acids is 2. The monoisotopic (exact) mass is 402 g/mol. The molecule has 0 aliphatic carbocycles. The molecule has 0 unspecified atom stereocenters. The summed E-state index contributed by atoms with van der Waals surface area (Å²) in [6.45, 7) is 2.20. The molecule has 0 bridgehead atoms. The summed E-state index contributed by atoms with van der Waals surface area (Å²) >= 11 is 3.49. The van der Waals surface area contributed by atoms with E-state index in [0.717, 1.165) is 10.0 Å². The Morgan fingerprint density at radius 1 is 1.24 bits per heavy atom. The van der Waals surface area contributed by atoms with Crippen molar-refractivity contribution in [2.45, 2.75) is 19.4 Å². The fourth-order valence-corrected chi connectivity index (χ4v) is 3.46. The van der Waals surface area contributed by atoms with Crippen LogP contribution in [0.5, 0.6) is 5.75 Å². The van der Waals surface area contributed by atoms with Gasteiger partial charge in [0.2, 0.25) is 11.8 Å². The fraction of sp³-hybridized carbons (Fsp3) is 0.263. The summed E-state index contributed by atoms with van der Waals surface area (Å²) in [6.07, 6.45) is 0.252. The number of amides is 2. The lowest BCUT2D eigenvalue weighted by Crippen LogP contribution is -2.41. The lowest BCUT2D eigenvalue weighted by molar-refractivity contribution is -0.124. The number of nitrogens with zero attached hydrogens (tertiary/aromatic N) is 1. The van der Waals surface area contributed by atoms with Gasteiger partial charge in [0, 0.05) is 4.47 Å². The van der Waals surface area contributed by atoms with Crippen molar-refractivity contribution in [1.82, 2.24) is 5.32 Å².